The summed E-state index contributed by atoms with van der Waals surface area (Å²) < 4.78 is 2.80. The van der Waals surface area contributed by atoms with Crippen LogP contribution in [0.15, 0.2) is 41.7 Å². The van der Waals surface area contributed by atoms with E-state index in [1.165, 1.54) is 38.7 Å². The number of hydrogen-bond donors (Lipinski definition) is 3. The molecule has 0 unspecified atom stereocenters. The van der Waals surface area contributed by atoms with Crippen LogP contribution in [0.5, 0.6) is 5.75 Å². The highest BCUT2D eigenvalue weighted by Gasteiger charge is 2.25. The minimum absolute atomic E-state index is 0.122. The van der Waals surface area contributed by atoms with Gasteiger partial charge in [-0.1, -0.05) is 23.2 Å². The molecule has 4 N–H and O–H groups in total. The zero-order valence-electron chi connectivity index (χ0n) is 22.2. The van der Waals surface area contributed by atoms with Crippen molar-refractivity contribution in [2.45, 2.75) is 26.6 Å². The fourth-order valence-electron chi connectivity index (χ4n) is 4.92. The summed E-state index contributed by atoms with van der Waals surface area (Å²) >= 11 is 14.2. The molecule has 12 nitrogen and oxygen atoms in total. The average Bonchev–Trinajstić information content (AvgIpc) is 3.60. The zero-order chi connectivity index (χ0) is 29.9. The summed E-state index contributed by atoms with van der Waals surface area (Å²) in [4.78, 5) is 54.9. The van der Waals surface area contributed by atoms with Gasteiger partial charge in [-0.15, -0.1) is 11.3 Å². The van der Waals surface area contributed by atoms with Gasteiger partial charge < -0.3 is 30.2 Å². The number of aromatic hydroxyl groups is 1. The van der Waals surface area contributed by atoms with Gasteiger partial charge in [0.2, 0.25) is 5.91 Å². The number of fused-ring (bicyclic) bond motifs is 2. The standard InChI is InChI=1S/C27H22Cl2N8O4S/c1-12-33-19-8-36(9-20(19)42-12)21-5-18(17(29)6-31-21)34-22(38)10-37-7-15(23-26(37)32-11-35(2)27(23)41)13-3-14(25(30)40)24(39)16(28)4-13/h3-7,11,39H,8-10H2,1-2H3,(H2,30,40)(H,31,34,38). The number of benzene rings is 1. The molecule has 214 valence electrons. The maximum atomic E-state index is 13.3. The monoisotopic (exact) mass is 624 g/mol. The molecule has 0 bridgehead atoms. The van der Waals surface area contributed by atoms with Crippen LogP contribution in [0.3, 0.4) is 0 Å². The highest BCUT2D eigenvalue weighted by Crippen LogP contribution is 2.36. The summed E-state index contributed by atoms with van der Waals surface area (Å²) in [6, 6.07) is 4.45. The number of anilines is 2. The molecule has 5 aromatic rings. The van der Waals surface area contributed by atoms with Crippen LogP contribution < -0.4 is 21.5 Å². The van der Waals surface area contributed by atoms with Crippen LogP contribution in [0.1, 0.15) is 25.9 Å². The van der Waals surface area contributed by atoms with Gasteiger partial charge in [0.1, 0.15) is 23.8 Å². The predicted molar refractivity (Wildman–Crippen MR) is 160 cm³/mol. The molecule has 0 fully saturated rings. The van der Waals surface area contributed by atoms with Crippen LogP contribution in [0.2, 0.25) is 10.0 Å². The molecule has 1 aliphatic rings. The van der Waals surface area contributed by atoms with Gasteiger partial charge in [-0.2, -0.15) is 0 Å². The number of aryl methyl sites for hydroxylation is 2. The van der Waals surface area contributed by atoms with Gasteiger partial charge >= 0.3 is 0 Å². The number of amides is 2. The van der Waals surface area contributed by atoms with E-state index in [1.54, 1.807) is 30.6 Å². The van der Waals surface area contributed by atoms with Gasteiger partial charge in [-0.05, 0) is 24.6 Å². The van der Waals surface area contributed by atoms with E-state index in [-0.39, 0.29) is 38.7 Å². The van der Waals surface area contributed by atoms with E-state index in [1.807, 2.05) is 11.8 Å². The molecule has 15 heteroatoms. The van der Waals surface area contributed by atoms with E-state index in [4.69, 9.17) is 28.9 Å². The third-order valence-corrected chi connectivity index (χ3v) is 8.48. The van der Waals surface area contributed by atoms with E-state index in [0.717, 1.165) is 10.7 Å². The Labute approximate surface area is 252 Å². The first-order chi connectivity index (χ1) is 20.0. The highest BCUT2D eigenvalue weighted by atomic mass is 35.5. The quantitative estimate of drug-likeness (QED) is 0.257. The third-order valence-electron chi connectivity index (χ3n) is 6.89. The number of nitrogens with zero attached hydrogens (tertiary/aromatic N) is 6. The Morgan fingerprint density at radius 1 is 1.17 bits per heavy atom. The molecule has 4 aromatic heterocycles. The van der Waals surface area contributed by atoms with Gasteiger partial charge in [0.05, 0.1) is 63.0 Å². The summed E-state index contributed by atoms with van der Waals surface area (Å²) in [7, 11) is 1.54. The summed E-state index contributed by atoms with van der Waals surface area (Å²) in [5.74, 6) is -1.15. The minimum atomic E-state index is -0.894. The first-order valence-corrected chi connectivity index (χ1v) is 14.1. The molecule has 6 rings (SSSR count). The van der Waals surface area contributed by atoms with Crippen molar-refractivity contribution in [2.24, 2.45) is 12.8 Å². The lowest BCUT2D eigenvalue weighted by atomic mass is 10.0. The van der Waals surface area contributed by atoms with Gasteiger partial charge in [0.25, 0.3) is 11.5 Å². The second kappa shape index (κ2) is 10.4. The lowest BCUT2D eigenvalue weighted by molar-refractivity contribution is -0.116. The SMILES string of the molecule is Cc1nc2c(s1)CN(c1cc(NC(=O)Cn3cc(-c4cc(Cl)c(O)c(C(N)=O)c4)c4c(=O)n(C)cnc43)c(Cl)cn1)C2. The maximum absolute atomic E-state index is 13.3. The third kappa shape index (κ3) is 4.85. The molecule has 0 atom stereocenters. The van der Waals surface area contributed by atoms with Gasteiger partial charge in [-0.25, -0.2) is 15.0 Å². The first kappa shape index (κ1) is 27.7. The van der Waals surface area contributed by atoms with Crippen LogP contribution in [-0.2, 0) is 31.5 Å². The van der Waals surface area contributed by atoms with E-state index < -0.39 is 17.6 Å². The number of aromatic nitrogens is 5. The van der Waals surface area contributed by atoms with Crippen molar-refractivity contribution in [3.05, 3.63) is 78.5 Å². The van der Waals surface area contributed by atoms with Gasteiger partial charge in [-0.3, -0.25) is 14.4 Å². The molecule has 0 spiro atoms. The van der Waals surface area contributed by atoms with Crippen molar-refractivity contribution >= 4 is 68.9 Å². The van der Waals surface area contributed by atoms with Crippen molar-refractivity contribution in [3.63, 3.8) is 0 Å². The number of primary amides is 1. The lowest BCUT2D eigenvalue weighted by Crippen LogP contribution is -2.21. The second-order valence-electron chi connectivity index (χ2n) is 9.78. The number of hydrogen-bond acceptors (Lipinski definition) is 9. The minimum Gasteiger partial charge on any atom is -0.506 e. The molecule has 2 amide bonds. The number of carbonyl (C=O) groups excluding carboxylic acids is 2. The van der Waals surface area contributed by atoms with Crippen LogP contribution in [-0.4, -0.2) is 41.0 Å². The van der Waals surface area contributed by atoms with Crippen LogP contribution in [0, 0.1) is 6.92 Å². The molecule has 1 aliphatic heterocycles. The Kier molecular flexibility index (Phi) is 6.87. The summed E-state index contributed by atoms with van der Waals surface area (Å²) in [5.41, 5.74) is 7.14. The van der Waals surface area contributed by atoms with Crippen molar-refractivity contribution < 1.29 is 14.7 Å². The Hall–Kier alpha value is -4.46. The smallest absolute Gasteiger partial charge is 0.263 e. The van der Waals surface area contributed by atoms with Crippen LogP contribution in [0.4, 0.5) is 11.5 Å². The average molecular weight is 625 g/mol. The zero-order valence-corrected chi connectivity index (χ0v) is 24.5. The normalized spacial score (nSPS) is 12.6. The van der Waals surface area contributed by atoms with E-state index in [9.17, 15) is 19.5 Å². The van der Waals surface area contributed by atoms with Crippen molar-refractivity contribution in [2.75, 3.05) is 10.2 Å². The fourth-order valence-corrected chi connectivity index (χ4v) is 6.25. The Bertz CT molecular complexity index is 1980. The molecule has 5 heterocycles. The molecule has 0 aliphatic carbocycles. The topological polar surface area (TPSA) is 161 Å². The van der Waals surface area contributed by atoms with E-state index in [0.29, 0.717) is 35.7 Å². The molecular weight excluding hydrogens is 603 g/mol. The van der Waals surface area contributed by atoms with Gasteiger partial charge in [0, 0.05) is 29.8 Å². The summed E-state index contributed by atoms with van der Waals surface area (Å²) in [6.07, 6.45) is 4.39. The number of phenols is 1. The Morgan fingerprint density at radius 2 is 1.95 bits per heavy atom. The molecule has 0 saturated carbocycles. The second-order valence-corrected chi connectivity index (χ2v) is 11.9. The summed E-state index contributed by atoms with van der Waals surface area (Å²) in [5, 5.41) is 14.4. The maximum Gasteiger partial charge on any atom is 0.263 e. The first-order valence-electron chi connectivity index (χ1n) is 12.5. The van der Waals surface area contributed by atoms with Crippen molar-refractivity contribution in [1.29, 1.82) is 0 Å². The number of nitrogens with one attached hydrogen (secondary N) is 1. The fraction of sp³-hybridized carbons (Fsp3) is 0.185. The highest BCUT2D eigenvalue weighted by molar-refractivity contribution is 7.11. The Balaban J connectivity index is 1.31. The number of pyridine rings is 1. The molecule has 1 aromatic carbocycles. The molecule has 0 radical (unpaired) electrons. The number of nitrogens with two attached hydrogens (primary N) is 1. The largest absolute Gasteiger partial charge is 0.506 e. The lowest BCUT2D eigenvalue weighted by Gasteiger charge is -2.18. The van der Waals surface area contributed by atoms with Crippen molar-refractivity contribution in [3.8, 4) is 16.9 Å². The van der Waals surface area contributed by atoms with Crippen LogP contribution in [0.25, 0.3) is 22.2 Å². The number of rotatable bonds is 6. The number of thiazole rings is 1. The number of carbonyl (C=O) groups is 2. The number of halogens is 2. The Morgan fingerprint density at radius 3 is 2.69 bits per heavy atom. The van der Waals surface area contributed by atoms with Gasteiger partial charge in [0.15, 0.2) is 0 Å². The molecule has 0 saturated heterocycles. The summed E-state index contributed by atoms with van der Waals surface area (Å²) in [6.45, 7) is 3.03. The molecule has 42 heavy (non-hydrogen) atoms. The molecular formula is C27H22Cl2N8O4S. The van der Waals surface area contributed by atoms with E-state index >= 15 is 0 Å². The van der Waals surface area contributed by atoms with Crippen LogP contribution >= 0.6 is 34.5 Å². The van der Waals surface area contributed by atoms with Crippen molar-refractivity contribution in [1.82, 2.24) is 24.1 Å². The predicted octanol–water partition coefficient (Wildman–Crippen LogP) is 3.83. The van der Waals surface area contributed by atoms with E-state index in [2.05, 4.69) is 20.3 Å².